The van der Waals surface area contributed by atoms with E-state index in [-0.39, 0.29) is 18.3 Å². The highest BCUT2D eigenvalue weighted by molar-refractivity contribution is 7.15. The van der Waals surface area contributed by atoms with Crippen molar-refractivity contribution in [1.82, 2.24) is 20.1 Å². The number of thiazole rings is 1. The van der Waals surface area contributed by atoms with Gasteiger partial charge in [-0.1, -0.05) is 17.7 Å². The van der Waals surface area contributed by atoms with E-state index in [0.717, 1.165) is 27.4 Å². The van der Waals surface area contributed by atoms with E-state index in [2.05, 4.69) is 20.7 Å². The second-order valence-corrected chi connectivity index (χ2v) is 7.59. The highest BCUT2D eigenvalue weighted by Crippen LogP contribution is 2.25. The van der Waals surface area contributed by atoms with Gasteiger partial charge in [0, 0.05) is 41.3 Å². The van der Waals surface area contributed by atoms with Crippen LogP contribution in [0.3, 0.4) is 0 Å². The van der Waals surface area contributed by atoms with Gasteiger partial charge in [-0.15, -0.1) is 23.7 Å². The number of halogens is 2. The third kappa shape index (κ3) is 5.29. The number of anilines is 1. The van der Waals surface area contributed by atoms with Crippen LogP contribution in [-0.2, 0) is 18.3 Å². The van der Waals surface area contributed by atoms with E-state index in [1.807, 2.05) is 38.4 Å². The Balaban J connectivity index is 0.00000261. The van der Waals surface area contributed by atoms with E-state index in [1.54, 1.807) is 24.1 Å². The van der Waals surface area contributed by atoms with E-state index in [9.17, 15) is 4.79 Å². The first kappa shape index (κ1) is 21.4. The maximum absolute atomic E-state index is 12.6. The number of hydrogen-bond donors (Lipinski definition) is 2. The number of amides is 1. The Labute approximate surface area is 173 Å². The molecule has 0 aliphatic heterocycles. The van der Waals surface area contributed by atoms with Crippen LogP contribution in [0.25, 0.3) is 0 Å². The second-order valence-electron chi connectivity index (χ2n) is 6.04. The van der Waals surface area contributed by atoms with Crippen molar-refractivity contribution in [1.29, 1.82) is 0 Å². The number of nitrogens with one attached hydrogen (secondary N) is 2. The molecule has 6 nitrogen and oxygen atoms in total. The summed E-state index contributed by atoms with van der Waals surface area (Å²) in [6.45, 7) is 2.04. The summed E-state index contributed by atoms with van der Waals surface area (Å²) in [7, 11) is 3.56. The maximum Gasteiger partial charge on any atom is 0.247 e. The van der Waals surface area contributed by atoms with Crippen molar-refractivity contribution in [2.75, 3.05) is 12.4 Å². The summed E-state index contributed by atoms with van der Waals surface area (Å²) in [5.41, 5.74) is 3.14. The Kier molecular flexibility index (Phi) is 7.38. The van der Waals surface area contributed by atoms with Crippen molar-refractivity contribution in [2.45, 2.75) is 19.4 Å². The lowest BCUT2D eigenvalue weighted by molar-refractivity contribution is -0.118. The molecular weight excluding hydrogens is 405 g/mol. The van der Waals surface area contributed by atoms with E-state index < -0.39 is 6.04 Å². The molecule has 144 valence electrons. The number of hydrogen-bond acceptors (Lipinski definition) is 5. The SMILES string of the molecule is CNC(C(=O)Nc1ncc(Cc2ccc(Cl)cc2C)s1)c1cnn(C)c1.Cl. The van der Waals surface area contributed by atoms with Gasteiger partial charge in [-0.05, 0) is 37.2 Å². The molecule has 1 unspecified atom stereocenters. The summed E-state index contributed by atoms with van der Waals surface area (Å²) in [5, 5.41) is 11.3. The lowest BCUT2D eigenvalue weighted by Gasteiger charge is -2.12. The molecule has 0 saturated carbocycles. The molecule has 0 aliphatic rings. The molecule has 0 saturated heterocycles. The number of rotatable bonds is 6. The molecule has 1 amide bonds. The van der Waals surface area contributed by atoms with Gasteiger partial charge in [-0.2, -0.15) is 5.10 Å². The zero-order valence-electron chi connectivity index (χ0n) is 15.2. The molecule has 27 heavy (non-hydrogen) atoms. The van der Waals surface area contributed by atoms with Gasteiger partial charge in [0.15, 0.2) is 5.13 Å². The van der Waals surface area contributed by atoms with Crippen LogP contribution in [0.2, 0.25) is 5.02 Å². The van der Waals surface area contributed by atoms with Crippen LogP contribution in [0.4, 0.5) is 5.13 Å². The van der Waals surface area contributed by atoms with E-state index >= 15 is 0 Å². The quantitative estimate of drug-likeness (QED) is 0.630. The van der Waals surface area contributed by atoms with Crippen LogP contribution in [0.5, 0.6) is 0 Å². The molecule has 1 aromatic carbocycles. The van der Waals surface area contributed by atoms with Gasteiger partial charge >= 0.3 is 0 Å². The summed E-state index contributed by atoms with van der Waals surface area (Å²) < 4.78 is 1.67. The monoisotopic (exact) mass is 425 g/mol. The molecule has 3 rings (SSSR count). The molecule has 2 aromatic heterocycles. The molecule has 0 spiro atoms. The highest BCUT2D eigenvalue weighted by atomic mass is 35.5. The van der Waals surface area contributed by atoms with Crippen LogP contribution in [0.15, 0.2) is 36.8 Å². The van der Waals surface area contributed by atoms with Gasteiger partial charge in [0.2, 0.25) is 5.91 Å². The second kappa shape index (κ2) is 9.32. The molecule has 1 atom stereocenters. The lowest BCUT2D eigenvalue weighted by Crippen LogP contribution is -2.30. The van der Waals surface area contributed by atoms with Gasteiger partial charge in [0.05, 0.1) is 6.20 Å². The molecule has 0 aliphatic carbocycles. The number of aryl methyl sites for hydroxylation is 2. The van der Waals surface area contributed by atoms with Crippen molar-refractivity contribution >= 4 is 46.4 Å². The van der Waals surface area contributed by atoms with Gasteiger partial charge in [0.25, 0.3) is 0 Å². The zero-order chi connectivity index (χ0) is 18.7. The summed E-state index contributed by atoms with van der Waals surface area (Å²) >= 11 is 7.48. The van der Waals surface area contributed by atoms with Crippen molar-refractivity contribution in [3.8, 4) is 0 Å². The first-order valence-electron chi connectivity index (χ1n) is 8.12. The first-order valence-corrected chi connectivity index (χ1v) is 9.32. The Hall–Kier alpha value is -1.93. The molecule has 9 heteroatoms. The molecule has 2 N–H and O–H groups in total. The van der Waals surface area contributed by atoms with Crippen LogP contribution in [0, 0.1) is 6.92 Å². The van der Waals surface area contributed by atoms with Crippen molar-refractivity contribution in [3.05, 3.63) is 63.4 Å². The minimum atomic E-state index is -0.477. The van der Waals surface area contributed by atoms with Crippen LogP contribution < -0.4 is 10.6 Å². The molecule has 2 heterocycles. The number of carbonyl (C=O) groups is 1. The number of carbonyl (C=O) groups excluding carboxylic acids is 1. The van der Waals surface area contributed by atoms with Crippen molar-refractivity contribution < 1.29 is 4.79 Å². The largest absolute Gasteiger partial charge is 0.305 e. The Bertz CT molecular complexity index is 924. The third-order valence-corrected chi connectivity index (χ3v) is 5.21. The number of aromatic nitrogens is 3. The van der Waals surface area contributed by atoms with Crippen LogP contribution in [-0.4, -0.2) is 27.7 Å². The Morgan fingerprint density at radius 1 is 1.37 bits per heavy atom. The average Bonchev–Trinajstić information content (AvgIpc) is 3.20. The first-order chi connectivity index (χ1) is 12.5. The molecule has 0 radical (unpaired) electrons. The average molecular weight is 426 g/mol. The maximum atomic E-state index is 12.6. The van der Waals surface area contributed by atoms with E-state index in [1.165, 1.54) is 16.9 Å². The zero-order valence-corrected chi connectivity index (χ0v) is 17.6. The summed E-state index contributed by atoms with van der Waals surface area (Å²) in [6.07, 6.45) is 6.05. The van der Waals surface area contributed by atoms with Gasteiger partial charge in [0.1, 0.15) is 6.04 Å². The summed E-state index contributed by atoms with van der Waals surface area (Å²) in [6, 6.07) is 5.38. The topological polar surface area (TPSA) is 71.8 Å². The minimum Gasteiger partial charge on any atom is -0.305 e. The third-order valence-electron chi connectivity index (χ3n) is 4.06. The minimum absolute atomic E-state index is 0. The number of nitrogens with zero attached hydrogens (tertiary/aromatic N) is 3. The van der Waals surface area contributed by atoms with E-state index in [4.69, 9.17) is 11.6 Å². The number of benzene rings is 1. The van der Waals surface area contributed by atoms with Crippen molar-refractivity contribution in [2.24, 2.45) is 7.05 Å². The van der Waals surface area contributed by atoms with Gasteiger partial charge < -0.3 is 10.6 Å². The van der Waals surface area contributed by atoms with Crippen molar-refractivity contribution in [3.63, 3.8) is 0 Å². The predicted octanol–water partition coefficient (Wildman–Crippen LogP) is 3.75. The normalized spacial score (nSPS) is 11.7. The predicted molar refractivity (Wildman–Crippen MR) is 112 cm³/mol. The van der Waals surface area contributed by atoms with Crippen LogP contribution >= 0.6 is 35.3 Å². The molecular formula is C18H21Cl2N5OS. The fourth-order valence-electron chi connectivity index (χ4n) is 2.71. The van der Waals surface area contributed by atoms with Gasteiger partial charge in [-0.3, -0.25) is 9.48 Å². The Morgan fingerprint density at radius 2 is 2.15 bits per heavy atom. The smallest absolute Gasteiger partial charge is 0.247 e. The molecule has 0 bridgehead atoms. The highest BCUT2D eigenvalue weighted by Gasteiger charge is 2.21. The van der Waals surface area contributed by atoms with Crippen LogP contribution in [0.1, 0.15) is 27.6 Å². The van der Waals surface area contributed by atoms with Gasteiger partial charge in [-0.25, -0.2) is 4.98 Å². The Morgan fingerprint density at radius 3 is 2.78 bits per heavy atom. The molecule has 0 fully saturated rings. The summed E-state index contributed by atoms with van der Waals surface area (Å²) in [5.74, 6) is -0.163. The molecule has 3 aromatic rings. The lowest BCUT2D eigenvalue weighted by atomic mass is 10.1. The van der Waals surface area contributed by atoms with E-state index in [0.29, 0.717) is 5.13 Å². The summed E-state index contributed by atoms with van der Waals surface area (Å²) in [4.78, 5) is 18.0. The fourth-order valence-corrected chi connectivity index (χ4v) is 3.77. The number of likely N-dealkylation sites (N-methyl/N-ethyl adjacent to an activating group) is 1. The standard InChI is InChI=1S/C18H20ClN5OS.ClH/c1-11-6-14(19)5-4-12(11)7-15-9-21-18(26-15)23-17(25)16(20-2)13-8-22-24(3)10-13;/h4-6,8-10,16,20H,7H2,1-3H3,(H,21,23,25);1H. The fraction of sp³-hybridized carbons (Fsp3) is 0.278.